The van der Waals surface area contributed by atoms with Gasteiger partial charge < -0.3 is 5.73 Å². The fourth-order valence-electron chi connectivity index (χ4n) is 2.76. The lowest BCUT2D eigenvalue weighted by molar-refractivity contribution is -0.139. The Morgan fingerprint density at radius 2 is 1.70 bits per heavy atom. The summed E-state index contributed by atoms with van der Waals surface area (Å²) in [7, 11) is -8.43. The van der Waals surface area contributed by atoms with E-state index in [1.165, 1.54) is 38.1 Å². The van der Waals surface area contributed by atoms with Crippen molar-refractivity contribution < 1.29 is 30.0 Å². The minimum absolute atomic E-state index is 0.0565. The van der Waals surface area contributed by atoms with Gasteiger partial charge in [-0.15, -0.1) is 0 Å². The number of imidazole rings is 1. The van der Waals surface area contributed by atoms with E-state index in [1.54, 1.807) is 0 Å². The van der Waals surface area contributed by atoms with Crippen LogP contribution in [0.25, 0.3) is 11.0 Å². The summed E-state index contributed by atoms with van der Waals surface area (Å²) in [6, 6.07) is 7.43. The molecule has 0 radical (unpaired) electrons. The summed E-state index contributed by atoms with van der Waals surface area (Å²) in [5, 5.41) is -0.797. The summed E-state index contributed by atoms with van der Waals surface area (Å²) in [4.78, 5) is 2.99. The second-order valence-electron chi connectivity index (χ2n) is 6.63. The molecule has 0 saturated heterocycles. The summed E-state index contributed by atoms with van der Waals surface area (Å²) >= 11 is 0. The maximum Gasteiger partial charge on any atom is 0.417 e. The summed E-state index contributed by atoms with van der Waals surface area (Å²) in [6.07, 6.45) is -4.87. The van der Waals surface area contributed by atoms with Gasteiger partial charge >= 0.3 is 6.18 Å². The smallest absolute Gasteiger partial charge is 0.368 e. The topological polar surface area (TPSA) is 124 Å². The monoisotopic (exact) mass is 462 g/mol. The number of nitrogens with two attached hydrogens (primary N) is 1. The van der Waals surface area contributed by atoms with Gasteiger partial charge in [0.2, 0.25) is 16.0 Å². The van der Waals surface area contributed by atoms with Crippen LogP contribution in [0.4, 0.5) is 24.8 Å². The van der Waals surface area contributed by atoms with Gasteiger partial charge in [-0.05, 0) is 44.2 Å². The van der Waals surface area contributed by atoms with Gasteiger partial charge in [0.25, 0.3) is 10.0 Å². The second-order valence-corrected chi connectivity index (χ2v) is 10.6. The maximum absolute atomic E-state index is 13.2. The number of halogens is 3. The molecule has 0 atom stereocenters. The van der Waals surface area contributed by atoms with Gasteiger partial charge in [0.1, 0.15) is 0 Å². The number of nitrogens with zero attached hydrogens (tertiary/aromatic N) is 2. The zero-order valence-corrected chi connectivity index (χ0v) is 17.3. The van der Waals surface area contributed by atoms with E-state index >= 15 is 0 Å². The van der Waals surface area contributed by atoms with E-state index in [1.807, 2.05) is 0 Å². The van der Waals surface area contributed by atoms with Crippen molar-refractivity contribution in [2.45, 2.75) is 30.2 Å². The van der Waals surface area contributed by atoms with Gasteiger partial charge in [0.15, 0.2) is 0 Å². The van der Waals surface area contributed by atoms with Gasteiger partial charge in [0.05, 0.1) is 32.4 Å². The fourth-order valence-corrected chi connectivity index (χ4v) is 5.19. The van der Waals surface area contributed by atoms with Crippen molar-refractivity contribution in [3.63, 3.8) is 0 Å². The van der Waals surface area contributed by atoms with Gasteiger partial charge in [-0.25, -0.2) is 25.8 Å². The van der Waals surface area contributed by atoms with E-state index < -0.39 is 41.9 Å². The summed E-state index contributed by atoms with van der Waals surface area (Å²) in [5.41, 5.74) is 4.47. The Morgan fingerprint density at radius 1 is 1.07 bits per heavy atom. The average molecular weight is 462 g/mol. The molecular formula is C17H17F3N4O4S2. The SMILES string of the molecule is CC(C)S(=O)(=O)n1c(N)nc2cc(NS(=O)(=O)c3ccccc3C(F)(F)F)ccc21. The van der Waals surface area contributed by atoms with E-state index in [0.717, 1.165) is 16.1 Å². The molecule has 1 heterocycles. The Hall–Kier alpha value is -2.80. The van der Waals surface area contributed by atoms with Crippen LogP contribution in [0.1, 0.15) is 19.4 Å². The van der Waals surface area contributed by atoms with Gasteiger partial charge in [-0.1, -0.05) is 12.1 Å². The molecular weight excluding hydrogens is 445 g/mol. The number of sulfonamides is 1. The van der Waals surface area contributed by atoms with Gasteiger partial charge in [-0.2, -0.15) is 13.2 Å². The molecule has 0 amide bonds. The summed E-state index contributed by atoms with van der Waals surface area (Å²) < 4.78 is 92.5. The zero-order chi connectivity index (χ0) is 22.5. The molecule has 0 bridgehead atoms. The summed E-state index contributed by atoms with van der Waals surface area (Å²) in [6.45, 7) is 2.92. The van der Waals surface area contributed by atoms with Crippen molar-refractivity contribution in [1.29, 1.82) is 0 Å². The van der Waals surface area contributed by atoms with Gasteiger partial charge in [0, 0.05) is 0 Å². The lowest BCUT2D eigenvalue weighted by Gasteiger charge is -2.14. The number of nitrogens with one attached hydrogen (secondary N) is 1. The quantitative estimate of drug-likeness (QED) is 0.601. The van der Waals surface area contributed by atoms with Crippen LogP contribution in [-0.2, 0) is 26.2 Å². The fraction of sp³-hybridized carbons (Fsp3) is 0.235. The zero-order valence-electron chi connectivity index (χ0n) is 15.7. The predicted octanol–water partition coefficient (Wildman–Crippen LogP) is 3.02. The molecule has 3 aromatic rings. The van der Waals surface area contributed by atoms with E-state index in [2.05, 4.69) is 9.71 Å². The molecule has 3 rings (SSSR count). The van der Waals surface area contributed by atoms with Crippen molar-refractivity contribution in [3.8, 4) is 0 Å². The molecule has 0 aliphatic carbocycles. The summed E-state index contributed by atoms with van der Waals surface area (Å²) in [5.74, 6) is -0.318. The first kappa shape index (κ1) is 21.9. The Kier molecular flexibility index (Phi) is 5.23. The largest absolute Gasteiger partial charge is 0.417 e. The highest BCUT2D eigenvalue weighted by Gasteiger charge is 2.37. The van der Waals surface area contributed by atoms with Crippen LogP contribution >= 0.6 is 0 Å². The Bertz CT molecular complexity index is 1330. The van der Waals surface area contributed by atoms with Crippen molar-refractivity contribution >= 4 is 42.7 Å². The number of anilines is 2. The minimum Gasteiger partial charge on any atom is -0.368 e. The molecule has 0 fully saturated rings. The molecule has 162 valence electrons. The third kappa shape index (κ3) is 3.81. The second kappa shape index (κ2) is 7.16. The molecule has 2 aromatic carbocycles. The van der Waals surface area contributed by atoms with E-state index in [4.69, 9.17) is 5.73 Å². The van der Waals surface area contributed by atoms with Crippen molar-refractivity contribution in [2.24, 2.45) is 0 Å². The highest BCUT2D eigenvalue weighted by atomic mass is 32.2. The minimum atomic E-state index is -4.87. The molecule has 13 heteroatoms. The Balaban J connectivity index is 2.06. The van der Waals surface area contributed by atoms with Crippen molar-refractivity contribution in [2.75, 3.05) is 10.5 Å². The first-order chi connectivity index (χ1) is 13.7. The number of hydrogen-bond donors (Lipinski definition) is 2. The number of nitrogen functional groups attached to an aromatic ring is 1. The number of benzene rings is 2. The van der Waals surface area contributed by atoms with Crippen LogP contribution in [0.2, 0.25) is 0 Å². The molecule has 0 spiro atoms. The van der Waals surface area contributed by atoms with Crippen LogP contribution in [0.5, 0.6) is 0 Å². The van der Waals surface area contributed by atoms with Crippen molar-refractivity contribution in [3.05, 3.63) is 48.0 Å². The lowest BCUT2D eigenvalue weighted by Crippen LogP contribution is -2.23. The third-order valence-corrected chi connectivity index (χ3v) is 7.75. The van der Waals surface area contributed by atoms with Crippen LogP contribution in [0.15, 0.2) is 47.4 Å². The highest BCUT2D eigenvalue weighted by Crippen LogP contribution is 2.35. The normalized spacial score (nSPS) is 13.1. The number of aromatic nitrogens is 2. The first-order valence-corrected chi connectivity index (χ1v) is 11.4. The number of fused-ring (bicyclic) bond motifs is 1. The first-order valence-electron chi connectivity index (χ1n) is 8.46. The van der Waals surface area contributed by atoms with Crippen molar-refractivity contribution in [1.82, 2.24) is 8.96 Å². The molecule has 0 aliphatic heterocycles. The van der Waals surface area contributed by atoms with E-state index in [0.29, 0.717) is 6.07 Å². The maximum atomic E-state index is 13.2. The Labute approximate surface area is 170 Å². The highest BCUT2D eigenvalue weighted by molar-refractivity contribution is 7.92. The molecule has 0 unspecified atom stereocenters. The third-order valence-electron chi connectivity index (χ3n) is 4.22. The lowest BCUT2D eigenvalue weighted by atomic mass is 10.2. The molecule has 30 heavy (non-hydrogen) atoms. The van der Waals surface area contributed by atoms with E-state index in [-0.39, 0.29) is 22.7 Å². The van der Waals surface area contributed by atoms with Crippen LogP contribution in [0, 0.1) is 0 Å². The standard InChI is InChI=1S/C17H17F3N4O4S2/c1-10(2)30(27,28)24-14-8-7-11(9-13(14)22-16(24)21)23-29(25,26)15-6-4-3-5-12(15)17(18,19)20/h3-10,23H,1-2H3,(H2,21,22). The average Bonchev–Trinajstić information content (AvgIpc) is 2.96. The molecule has 1 aromatic heterocycles. The number of hydrogen-bond acceptors (Lipinski definition) is 6. The molecule has 8 nitrogen and oxygen atoms in total. The molecule has 0 aliphatic rings. The van der Waals surface area contributed by atoms with E-state index in [9.17, 15) is 30.0 Å². The molecule has 3 N–H and O–H groups in total. The predicted molar refractivity (Wildman–Crippen MR) is 106 cm³/mol. The van der Waals surface area contributed by atoms with Crippen LogP contribution in [0.3, 0.4) is 0 Å². The van der Waals surface area contributed by atoms with Crippen LogP contribution in [-0.4, -0.2) is 31.0 Å². The van der Waals surface area contributed by atoms with Gasteiger partial charge in [-0.3, -0.25) is 4.72 Å². The molecule has 0 saturated carbocycles. The number of alkyl halides is 3. The van der Waals surface area contributed by atoms with Crippen LogP contribution < -0.4 is 10.5 Å². The number of rotatable bonds is 5. The Morgan fingerprint density at radius 3 is 2.30 bits per heavy atom.